The van der Waals surface area contributed by atoms with Gasteiger partial charge in [0.2, 0.25) is 0 Å². The molecule has 0 aliphatic rings. The molecule has 23 heavy (non-hydrogen) atoms. The van der Waals surface area contributed by atoms with Crippen LogP contribution in [0.25, 0.3) is 0 Å². The number of aromatic nitrogens is 1. The summed E-state index contributed by atoms with van der Waals surface area (Å²) in [5, 5.41) is 11.6. The summed E-state index contributed by atoms with van der Waals surface area (Å²) in [6, 6.07) is 11.9. The van der Waals surface area contributed by atoms with Crippen LogP contribution in [0.4, 0.5) is 0 Å². The first kappa shape index (κ1) is 16.8. The van der Waals surface area contributed by atoms with Crippen LogP contribution in [0, 0.1) is 19.8 Å². The molecule has 0 bridgehead atoms. The molecule has 0 aliphatic carbocycles. The van der Waals surface area contributed by atoms with Crippen molar-refractivity contribution in [2.24, 2.45) is 5.92 Å². The van der Waals surface area contributed by atoms with E-state index in [-0.39, 0.29) is 12.5 Å². The Morgan fingerprint density at radius 2 is 1.87 bits per heavy atom. The van der Waals surface area contributed by atoms with Gasteiger partial charge in [-0.1, -0.05) is 37.3 Å². The Kier molecular flexibility index (Phi) is 5.21. The standard InChI is InChI=1S/C18H22N2O3/c1-12(18(22)23)10-19-17(21)16-9-13(2)20(14(16)3)11-15-7-5-4-6-8-15/h4-9,12H,10-11H2,1-3H3,(H,19,21)(H,22,23)/t12-/m1/s1. The fourth-order valence-corrected chi connectivity index (χ4v) is 2.47. The second-order valence-electron chi connectivity index (χ2n) is 5.81. The number of aryl methyl sites for hydroxylation is 1. The lowest BCUT2D eigenvalue weighted by Crippen LogP contribution is -2.31. The maximum absolute atomic E-state index is 12.3. The first-order chi connectivity index (χ1) is 10.9. The third-order valence-electron chi connectivity index (χ3n) is 3.99. The van der Waals surface area contributed by atoms with E-state index in [0.717, 1.165) is 11.4 Å². The first-order valence-corrected chi connectivity index (χ1v) is 7.61. The van der Waals surface area contributed by atoms with Gasteiger partial charge in [0.1, 0.15) is 0 Å². The highest BCUT2D eigenvalue weighted by molar-refractivity contribution is 5.95. The van der Waals surface area contributed by atoms with Crippen molar-refractivity contribution in [2.45, 2.75) is 27.3 Å². The molecule has 122 valence electrons. The van der Waals surface area contributed by atoms with Crippen molar-refractivity contribution in [3.05, 3.63) is 58.9 Å². The number of nitrogens with one attached hydrogen (secondary N) is 1. The molecule has 1 aromatic carbocycles. The lowest BCUT2D eigenvalue weighted by molar-refractivity contribution is -0.140. The molecule has 0 radical (unpaired) electrons. The van der Waals surface area contributed by atoms with Gasteiger partial charge >= 0.3 is 5.97 Å². The number of amides is 1. The summed E-state index contributed by atoms with van der Waals surface area (Å²) in [4.78, 5) is 23.1. The van der Waals surface area contributed by atoms with Crippen LogP contribution >= 0.6 is 0 Å². The Hall–Kier alpha value is -2.56. The molecule has 2 rings (SSSR count). The van der Waals surface area contributed by atoms with Crippen LogP contribution in [0.5, 0.6) is 0 Å². The highest BCUT2D eigenvalue weighted by Crippen LogP contribution is 2.17. The monoisotopic (exact) mass is 314 g/mol. The molecule has 0 aliphatic heterocycles. The van der Waals surface area contributed by atoms with Gasteiger partial charge in [-0.2, -0.15) is 0 Å². The highest BCUT2D eigenvalue weighted by atomic mass is 16.4. The largest absolute Gasteiger partial charge is 0.481 e. The van der Waals surface area contributed by atoms with E-state index in [4.69, 9.17) is 5.11 Å². The summed E-state index contributed by atoms with van der Waals surface area (Å²) in [6.45, 7) is 6.27. The fourth-order valence-electron chi connectivity index (χ4n) is 2.47. The van der Waals surface area contributed by atoms with Gasteiger partial charge in [-0.25, -0.2) is 0 Å². The third kappa shape index (κ3) is 4.00. The zero-order valence-corrected chi connectivity index (χ0v) is 13.7. The van der Waals surface area contributed by atoms with E-state index in [1.807, 2.05) is 50.2 Å². The highest BCUT2D eigenvalue weighted by Gasteiger charge is 2.18. The van der Waals surface area contributed by atoms with Crippen molar-refractivity contribution in [1.29, 1.82) is 0 Å². The van der Waals surface area contributed by atoms with Crippen LogP contribution in [-0.2, 0) is 11.3 Å². The lowest BCUT2D eigenvalue weighted by atomic mass is 10.1. The second-order valence-corrected chi connectivity index (χ2v) is 5.81. The van der Waals surface area contributed by atoms with Gasteiger partial charge < -0.3 is 15.0 Å². The molecule has 0 saturated heterocycles. The predicted molar refractivity (Wildman–Crippen MR) is 88.6 cm³/mol. The van der Waals surface area contributed by atoms with Crippen molar-refractivity contribution in [2.75, 3.05) is 6.54 Å². The third-order valence-corrected chi connectivity index (χ3v) is 3.99. The molecule has 2 N–H and O–H groups in total. The summed E-state index contributed by atoms with van der Waals surface area (Å²) in [5.74, 6) is -1.75. The van der Waals surface area contributed by atoms with Crippen LogP contribution in [0.1, 0.15) is 34.2 Å². The van der Waals surface area contributed by atoms with E-state index < -0.39 is 11.9 Å². The maximum atomic E-state index is 12.3. The zero-order valence-electron chi connectivity index (χ0n) is 13.7. The fraction of sp³-hybridized carbons (Fsp3) is 0.333. The zero-order chi connectivity index (χ0) is 17.0. The van der Waals surface area contributed by atoms with Crippen molar-refractivity contribution < 1.29 is 14.7 Å². The number of hydrogen-bond acceptors (Lipinski definition) is 2. The van der Waals surface area contributed by atoms with Crippen LogP contribution in [0.3, 0.4) is 0 Å². The van der Waals surface area contributed by atoms with Crippen molar-refractivity contribution in [3.63, 3.8) is 0 Å². The molecule has 5 nitrogen and oxygen atoms in total. The van der Waals surface area contributed by atoms with Gasteiger partial charge in [-0.3, -0.25) is 9.59 Å². The Bertz CT molecular complexity index is 705. The van der Waals surface area contributed by atoms with E-state index in [1.54, 1.807) is 6.92 Å². The van der Waals surface area contributed by atoms with Crippen LogP contribution < -0.4 is 5.32 Å². The molecule has 1 heterocycles. The molecule has 0 saturated carbocycles. The minimum Gasteiger partial charge on any atom is -0.481 e. The van der Waals surface area contributed by atoms with E-state index in [2.05, 4.69) is 9.88 Å². The average molecular weight is 314 g/mol. The van der Waals surface area contributed by atoms with Crippen LogP contribution in [-0.4, -0.2) is 28.1 Å². The normalized spacial score (nSPS) is 12.0. The van der Waals surface area contributed by atoms with Crippen molar-refractivity contribution in [3.8, 4) is 0 Å². The molecule has 1 atom stereocenters. The summed E-state index contributed by atoms with van der Waals surface area (Å²) in [7, 11) is 0. The number of hydrogen-bond donors (Lipinski definition) is 2. The van der Waals surface area contributed by atoms with Crippen molar-refractivity contribution >= 4 is 11.9 Å². The van der Waals surface area contributed by atoms with Crippen LogP contribution in [0.15, 0.2) is 36.4 Å². The number of benzene rings is 1. The molecule has 1 aromatic heterocycles. The number of aliphatic carboxylic acids is 1. The van der Waals surface area contributed by atoms with E-state index in [9.17, 15) is 9.59 Å². The smallest absolute Gasteiger partial charge is 0.308 e. The summed E-state index contributed by atoms with van der Waals surface area (Å²) in [5.41, 5.74) is 3.64. The number of carboxylic acid groups (broad SMARTS) is 1. The van der Waals surface area contributed by atoms with Gasteiger partial charge in [0, 0.05) is 24.5 Å². The Morgan fingerprint density at radius 1 is 1.22 bits per heavy atom. The van der Waals surface area contributed by atoms with E-state index in [1.165, 1.54) is 5.56 Å². The summed E-state index contributed by atoms with van der Waals surface area (Å²) in [6.07, 6.45) is 0. The predicted octanol–water partition coefficient (Wildman–Crippen LogP) is 2.60. The van der Waals surface area contributed by atoms with Gasteiger partial charge in [-0.15, -0.1) is 0 Å². The number of nitrogens with zero attached hydrogens (tertiary/aromatic N) is 1. The number of carbonyl (C=O) groups is 2. The number of carbonyl (C=O) groups excluding carboxylic acids is 1. The number of carboxylic acids is 1. The Morgan fingerprint density at radius 3 is 2.48 bits per heavy atom. The number of rotatable bonds is 6. The quantitative estimate of drug-likeness (QED) is 0.861. The topological polar surface area (TPSA) is 71.3 Å². The Labute approximate surface area is 135 Å². The maximum Gasteiger partial charge on any atom is 0.308 e. The van der Waals surface area contributed by atoms with E-state index in [0.29, 0.717) is 12.1 Å². The van der Waals surface area contributed by atoms with Gasteiger partial charge in [0.15, 0.2) is 0 Å². The molecular formula is C18H22N2O3. The molecule has 5 heteroatoms. The molecular weight excluding hydrogens is 292 g/mol. The van der Waals surface area contributed by atoms with Gasteiger partial charge in [-0.05, 0) is 25.5 Å². The summed E-state index contributed by atoms with van der Waals surface area (Å²) < 4.78 is 2.09. The minimum absolute atomic E-state index is 0.122. The summed E-state index contributed by atoms with van der Waals surface area (Å²) >= 11 is 0. The van der Waals surface area contributed by atoms with Crippen molar-refractivity contribution in [1.82, 2.24) is 9.88 Å². The van der Waals surface area contributed by atoms with Crippen LogP contribution in [0.2, 0.25) is 0 Å². The van der Waals surface area contributed by atoms with Gasteiger partial charge in [0.25, 0.3) is 5.91 Å². The van der Waals surface area contributed by atoms with E-state index >= 15 is 0 Å². The average Bonchev–Trinajstić information content (AvgIpc) is 2.81. The molecule has 0 unspecified atom stereocenters. The van der Waals surface area contributed by atoms with Gasteiger partial charge in [0.05, 0.1) is 11.5 Å². The lowest BCUT2D eigenvalue weighted by Gasteiger charge is -2.11. The molecule has 1 amide bonds. The minimum atomic E-state index is -0.917. The molecule has 2 aromatic rings. The molecule has 0 spiro atoms. The molecule has 0 fully saturated rings. The Balaban J connectivity index is 2.13. The first-order valence-electron chi connectivity index (χ1n) is 7.61. The second kappa shape index (κ2) is 7.13. The SMILES string of the molecule is Cc1cc(C(=O)NC[C@@H](C)C(=O)O)c(C)n1Cc1ccccc1.